The van der Waals surface area contributed by atoms with Crippen molar-refractivity contribution in [1.82, 2.24) is 10.2 Å². The molecule has 1 aliphatic heterocycles. The van der Waals surface area contributed by atoms with Gasteiger partial charge < -0.3 is 10.2 Å². The molecule has 1 saturated carbocycles. The number of aryl methyl sites for hydroxylation is 1. The number of hydrogen-bond donors (Lipinski definition) is 1. The molecule has 36 heavy (non-hydrogen) atoms. The molecule has 3 aromatic rings. The number of nitrogens with zero attached hydrogens (tertiary/aromatic N) is 1. The van der Waals surface area contributed by atoms with E-state index in [9.17, 15) is 9.59 Å². The maximum Gasteiger partial charge on any atom is 0.260 e. The van der Waals surface area contributed by atoms with Crippen molar-refractivity contribution < 1.29 is 9.59 Å². The molecule has 2 atom stereocenters. The molecule has 1 saturated heterocycles. The van der Waals surface area contributed by atoms with Crippen LogP contribution in [-0.4, -0.2) is 28.0 Å². The molecule has 184 valence electrons. The van der Waals surface area contributed by atoms with E-state index in [2.05, 4.69) is 41.4 Å². The molecule has 3 aromatic carbocycles. The van der Waals surface area contributed by atoms with Crippen molar-refractivity contribution in [1.29, 1.82) is 0 Å². The average Bonchev–Trinajstić information content (AvgIpc) is 2.91. The summed E-state index contributed by atoms with van der Waals surface area (Å²) in [7, 11) is 0. The van der Waals surface area contributed by atoms with Gasteiger partial charge in [0.1, 0.15) is 0 Å². The molecule has 0 radical (unpaired) electrons. The third-order valence-corrected chi connectivity index (χ3v) is 8.42. The van der Waals surface area contributed by atoms with Gasteiger partial charge in [0.15, 0.2) is 0 Å². The van der Waals surface area contributed by atoms with Crippen LogP contribution in [0.25, 0.3) is 6.08 Å². The molecule has 1 aliphatic carbocycles. The summed E-state index contributed by atoms with van der Waals surface area (Å²) in [6.45, 7) is 3.24. The third-order valence-electron chi connectivity index (χ3n) is 7.02. The standard InChI is InChI=1S/C31H32N2O2S/c1-22-8-7-11-25(18-22)21-33-27-12-5-6-13-28(27)36-29(31(33)35)19-23-14-16-26(17-15-23)30(34)32-20-24-9-3-2-4-10-24/h2-4,7-11,14-19,27-28H,5-6,12-13,20-21H2,1H3,(H,32,34)/b29-19+. The Labute approximate surface area is 217 Å². The van der Waals surface area contributed by atoms with E-state index in [-0.39, 0.29) is 11.8 Å². The van der Waals surface area contributed by atoms with Gasteiger partial charge in [0, 0.05) is 29.9 Å². The second kappa shape index (κ2) is 11.2. The lowest BCUT2D eigenvalue weighted by Gasteiger charge is -2.44. The van der Waals surface area contributed by atoms with Crippen LogP contribution in [0, 0.1) is 6.92 Å². The Morgan fingerprint density at radius 1 is 0.972 bits per heavy atom. The lowest BCUT2D eigenvalue weighted by atomic mass is 9.92. The Morgan fingerprint density at radius 3 is 2.50 bits per heavy atom. The summed E-state index contributed by atoms with van der Waals surface area (Å²) < 4.78 is 0. The minimum atomic E-state index is -0.101. The highest BCUT2D eigenvalue weighted by molar-refractivity contribution is 8.04. The van der Waals surface area contributed by atoms with Crippen LogP contribution in [-0.2, 0) is 17.9 Å². The lowest BCUT2D eigenvalue weighted by molar-refractivity contribution is -0.130. The number of amides is 2. The van der Waals surface area contributed by atoms with Crippen molar-refractivity contribution in [2.24, 2.45) is 0 Å². The Morgan fingerprint density at radius 2 is 1.72 bits per heavy atom. The summed E-state index contributed by atoms with van der Waals surface area (Å²) in [4.78, 5) is 29.1. The van der Waals surface area contributed by atoms with Crippen LogP contribution < -0.4 is 5.32 Å². The van der Waals surface area contributed by atoms with E-state index in [1.165, 1.54) is 24.0 Å². The molecule has 1 heterocycles. The second-order valence-electron chi connectivity index (χ2n) is 9.73. The molecule has 4 nitrogen and oxygen atoms in total. The predicted molar refractivity (Wildman–Crippen MR) is 147 cm³/mol. The first-order valence-electron chi connectivity index (χ1n) is 12.7. The molecule has 5 rings (SSSR count). The Bertz CT molecular complexity index is 1250. The van der Waals surface area contributed by atoms with Crippen molar-refractivity contribution in [3.8, 4) is 0 Å². The molecule has 0 spiro atoms. The predicted octanol–water partition coefficient (Wildman–Crippen LogP) is 6.35. The quantitative estimate of drug-likeness (QED) is 0.405. The number of fused-ring (bicyclic) bond motifs is 1. The van der Waals surface area contributed by atoms with Crippen molar-refractivity contribution in [3.05, 3.63) is 112 Å². The van der Waals surface area contributed by atoms with Gasteiger partial charge in [-0.05, 0) is 54.7 Å². The van der Waals surface area contributed by atoms with Gasteiger partial charge in [0.25, 0.3) is 11.8 Å². The summed E-state index contributed by atoms with van der Waals surface area (Å²) in [6, 6.07) is 26.2. The number of carbonyl (C=O) groups is 2. The summed E-state index contributed by atoms with van der Waals surface area (Å²) in [5.74, 6) is 0.0184. The minimum Gasteiger partial charge on any atom is -0.348 e. The Kier molecular flexibility index (Phi) is 7.57. The summed E-state index contributed by atoms with van der Waals surface area (Å²) in [5.41, 5.74) is 5.02. The number of benzene rings is 3. The van der Waals surface area contributed by atoms with Crippen LogP contribution in [0.4, 0.5) is 0 Å². The highest BCUT2D eigenvalue weighted by Gasteiger charge is 2.40. The lowest BCUT2D eigenvalue weighted by Crippen LogP contribution is -2.50. The SMILES string of the molecule is Cc1cccc(CN2C(=O)/C(=C\c3ccc(C(=O)NCc4ccccc4)cc3)SC3CCCCC32)c1. The maximum atomic E-state index is 13.6. The van der Waals surface area contributed by atoms with Crippen LogP contribution in [0.15, 0.2) is 83.8 Å². The van der Waals surface area contributed by atoms with Crippen molar-refractivity contribution in [3.63, 3.8) is 0 Å². The first-order valence-corrected chi connectivity index (χ1v) is 13.6. The molecular weight excluding hydrogens is 464 g/mol. The zero-order valence-electron chi connectivity index (χ0n) is 20.7. The normalized spacial score (nSPS) is 20.8. The second-order valence-corrected chi connectivity index (χ2v) is 11.0. The minimum absolute atomic E-state index is 0.101. The highest BCUT2D eigenvalue weighted by atomic mass is 32.2. The van der Waals surface area contributed by atoms with E-state index < -0.39 is 0 Å². The van der Waals surface area contributed by atoms with Gasteiger partial charge in [-0.1, -0.05) is 85.1 Å². The molecule has 1 N–H and O–H groups in total. The number of carbonyl (C=O) groups excluding carboxylic acids is 2. The topological polar surface area (TPSA) is 49.4 Å². The van der Waals surface area contributed by atoms with Crippen LogP contribution >= 0.6 is 11.8 Å². The maximum absolute atomic E-state index is 13.6. The largest absolute Gasteiger partial charge is 0.348 e. The van der Waals surface area contributed by atoms with Crippen molar-refractivity contribution in [2.75, 3.05) is 0 Å². The van der Waals surface area contributed by atoms with E-state index in [4.69, 9.17) is 0 Å². The zero-order valence-corrected chi connectivity index (χ0v) is 21.5. The van der Waals surface area contributed by atoms with Gasteiger partial charge in [0.05, 0.1) is 4.91 Å². The molecule has 0 bridgehead atoms. The molecule has 2 fully saturated rings. The monoisotopic (exact) mass is 496 g/mol. The van der Waals surface area contributed by atoms with E-state index in [1.807, 2.05) is 60.7 Å². The number of nitrogens with one attached hydrogen (secondary N) is 1. The molecule has 2 unspecified atom stereocenters. The van der Waals surface area contributed by atoms with E-state index in [0.29, 0.717) is 29.9 Å². The first kappa shape index (κ1) is 24.4. The average molecular weight is 497 g/mol. The summed E-state index contributed by atoms with van der Waals surface area (Å²) in [5, 5.41) is 3.41. The highest BCUT2D eigenvalue weighted by Crippen LogP contribution is 2.42. The zero-order chi connectivity index (χ0) is 24.9. The van der Waals surface area contributed by atoms with E-state index >= 15 is 0 Å². The van der Waals surface area contributed by atoms with Gasteiger partial charge in [-0.2, -0.15) is 0 Å². The number of rotatable bonds is 6. The number of thioether (sulfide) groups is 1. The smallest absolute Gasteiger partial charge is 0.260 e. The third kappa shape index (κ3) is 5.73. The van der Waals surface area contributed by atoms with Crippen LogP contribution in [0.3, 0.4) is 0 Å². The van der Waals surface area contributed by atoms with Crippen LogP contribution in [0.5, 0.6) is 0 Å². The van der Waals surface area contributed by atoms with Gasteiger partial charge in [-0.15, -0.1) is 11.8 Å². The molecule has 5 heteroatoms. The van der Waals surface area contributed by atoms with Gasteiger partial charge in [0.2, 0.25) is 0 Å². The van der Waals surface area contributed by atoms with Crippen LogP contribution in [0.1, 0.15) is 58.3 Å². The van der Waals surface area contributed by atoms with E-state index in [1.54, 1.807) is 11.8 Å². The van der Waals surface area contributed by atoms with Crippen LogP contribution in [0.2, 0.25) is 0 Å². The number of hydrogen-bond acceptors (Lipinski definition) is 3. The van der Waals surface area contributed by atoms with Crippen molar-refractivity contribution in [2.45, 2.75) is 57.0 Å². The fourth-order valence-electron chi connectivity index (χ4n) is 5.13. The molecule has 2 amide bonds. The molecule has 2 aliphatic rings. The Balaban J connectivity index is 1.31. The van der Waals surface area contributed by atoms with Crippen molar-refractivity contribution >= 4 is 29.7 Å². The van der Waals surface area contributed by atoms with Gasteiger partial charge in [-0.25, -0.2) is 0 Å². The summed E-state index contributed by atoms with van der Waals surface area (Å²) in [6.07, 6.45) is 6.62. The van der Waals surface area contributed by atoms with Gasteiger partial charge in [-0.3, -0.25) is 9.59 Å². The van der Waals surface area contributed by atoms with E-state index in [0.717, 1.165) is 28.9 Å². The van der Waals surface area contributed by atoms with Gasteiger partial charge >= 0.3 is 0 Å². The molecular formula is C31H32N2O2S. The summed E-state index contributed by atoms with van der Waals surface area (Å²) >= 11 is 1.74. The first-order chi connectivity index (χ1) is 17.6. The molecule has 0 aromatic heterocycles. The Hall–Kier alpha value is -3.31. The fourth-order valence-corrected chi connectivity index (χ4v) is 6.60. The fraction of sp³-hybridized carbons (Fsp3) is 0.290.